The Morgan fingerprint density at radius 3 is 2.39 bits per heavy atom. The third-order valence-electron chi connectivity index (χ3n) is 3.88. The number of carboxylic acid groups (broad SMARTS) is 1. The van der Waals surface area contributed by atoms with E-state index < -0.39 is 23.6 Å². The van der Waals surface area contributed by atoms with Crippen molar-refractivity contribution in [3.05, 3.63) is 35.6 Å². The summed E-state index contributed by atoms with van der Waals surface area (Å²) < 4.78 is 18.4. The third kappa shape index (κ3) is 4.43. The van der Waals surface area contributed by atoms with Crippen molar-refractivity contribution >= 4 is 12.1 Å². The molecule has 1 fully saturated rings. The topological polar surface area (TPSA) is 66.8 Å². The lowest BCUT2D eigenvalue weighted by molar-refractivity contribution is -0.144. The largest absolute Gasteiger partial charge is 0.481 e. The van der Waals surface area contributed by atoms with Gasteiger partial charge in [-0.15, -0.1) is 0 Å². The van der Waals surface area contributed by atoms with E-state index in [9.17, 15) is 19.1 Å². The first-order valence-corrected chi connectivity index (χ1v) is 7.63. The number of hydrogen-bond acceptors (Lipinski definition) is 3. The van der Waals surface area contributed by atoms with Crippen LogP contribution in [0, 0.1) is 11.7 Å². The van der Waals surface area contributed by atoms with Crippen molar-refractivity contribution in [3.8, 4) is 0 Å². The number of piperidine rings is 1. The van der Waals surface area contributed by atoms with Crippen LogP contribution >= 0.6 is 0 Å². The number of rotatable bonds is 2. The molecule has 1 aliphatic rings. The zero-order valence-corrected chi connectivity index (χ0v) is 13.6. The molecule has 0 radical (unpaired) electrons. The molecule has 0 unspecified atom stereocenters. The van der Waals surface area contributed by atoms with E-state index in [1.54, 1.807) is 32.9 Å². The van der Waals surface area contributed by atoms with Crippen LogP contribution in [0.1, 0.15) is 38.7 Å². The summed E-state index contributed by atoms with van der Waals surface area (Å²) in [6.45, 7) is 5.81. The molecule has 2 atom stereocenters. The molecule has 1 heterocycles. The Bertz CT molecular complexity index is 579. The average Bonchev–Trinajstić information content (AvgIpc) is 2.45. The monoisotopic (exact) mass is 323 g/mol. The number of carbonyl (C=O) groups is 2. The summed E-state index contributed by atoms with van der Waals surface area (Å²) in [5.74, 6) is -2.30. The molecule has 0 aromatic heterocycles. The molecule has 1 N–H and O–H groups in total. The van der Waals surface area contributed by atoms with Crippen molar-refractivity contribution in [2.75, 3.05) is 13.1 Å². The molecule has 2 rings (SSSR count). The van der Waals surface area contributed by atoms with E-state index in [1.165, 1.54) is 17.0 Å². The van der Waals surface area contributed by atoms with Crippen LogP contribution in [0.3, 0.4) is 0 Å². The maximum absolute atomic E-state index is 13.0. The van der Waals surface area contributed by atoms with Crippen molar-refractivity contribution in [2.24, 2.45) is 5.92 Å². The van der Waals surface area contributed by atoms with E-state index in [4.69, 9.17) is 4.74 Å². The first kappa shape index (κ1) is 17.2. The molecular weight excluding hydrogens is 301 g/mol. The second kappa shape index (κ2) is 6.56. The molecule has 5 nitrogen and oxygen atoms in total. The van der Waals surface area contributed by atoms with Gasteiger partial charge in [0.2, 0.25) is 0 Å². The quantitative estimate of drug-likeness (QED) is 0.907. The van der Waals surface area contributed by atoms with E-state index in [-0.39, 0.29) is 18.3 Å². The lowest BCUT2D eigenvalue weighted by Gasteiger charge is -2.37. The highest BCUT2D eigenvalue weighted by molar-refractivity contribution is 5.74. The summed E-state index contributed by atoms with van der Waals surface area (Å²) in [5.41, 5.74) is 0.159. The van der Waals surface area contributed by atoms with Gasteiger partial charge in [-0.3, -0.25) is 4.79 Å². The van der Waals surface area contributed by atoms with Gasteiger partial charge in [-0.25, -0.2) is 9.18 Å². The number of benzene rings is 1. The molecule has 1 aliphatic heterocycles. The molecule has 0 aliphatic carbocycles. The molecule has 0 spiro atoms. The highest BCUT2D eigenvalue weighted by Crippen LogP contribution is 2.34. The van der Waals surface area contributed by atoms with E-state index in [0.717, 1.165) is 5.56 Å². The Kier molecular flexibility index (Phi) is 4.92. The highest BCUT2D eigenvalue weighted by atomic mass is 19.1. The smallest absolute Gasteiger partial charge is 0.410 e. The van der Waals surface area contributed by atoms with Gasteiger partial charge >= 0.3 is 12.1 Å². The minimum absolute atomic E-state index is 0.0896. The number of amides is 1. The van der Waals surface area contributed by atoms with Gasteiger partial charge in [0.25, 0.3) is 0 Å². The molecule has 1 saturated heterocycles. The number of carboxylic acids is 1. The van der Waals surface area contributed by atoms with E-state index in [1.807, 2.05) is 0 Å². The van der Waals surface area contributed by atoms with Crippen molar-refractivity contribution in [1.82, 2.24) is 4.90 Å². The average molecular weight is 323 g/mol. The van der Waals surface area contributed by atoms with Gasteiger partial charge in [0.15, 0.2) is 0 Å². The molecule has 126 valence electrons. The second-order valence-electron chi connectivity index (χ2n) is 6.82. The van der Waals surface area contributed by atoms with Crippen LogP contribution in [0.15, 0.2) is 24.3 Å². The maximum atomic E-state index is 13.0. The van der Waals surface area contributed by atoms with Gasteiger partial charge < -0.3 is 14.7 Å². The van der Waals surface area contributed by atoms with Crippen LogP contribution in [-0.2, 0) is 9.53 Å². The van der Waals surface area contributed by atoms with Crippen LogP contribution in [0.5, 0.6) is 0 Å². The van der Waals surface area contributed by atoms with E-state index >= 15 is 0 Å². The predicted octanol–water partition coefficient (Wildman–Crippen LogP) is 3.25. The Hall–Kier alpha value is -2.11. The maximum Gasteiger partial charge on any atom is 0.410 e. The molecule has 1 amide bonds. The fraction of sp³-hybridized carbons (Fsp3) is 0.529. The fourth-order valence-corrected chi connectivity index (χ4v) is 2.80. The van der Waals surface area contributed by atoms with Gasteiger partial charge in [0.05, 0.1) is 5.92 Å². The number of hydrogen-bond donors (Lipinski definition) is 1. The summed E-state index contributed by atoms with van der Waals surface area (Å²) in [7, 11) is 0. The zero-order valence-electron chi connectivity index (χ0n) is 13.6. The van der Waals surface area contributed by atoms with Crippen LogP contribution in [0.25, 0.3) is 0 Å². The van der Waals surface area contributed by atoms with Crippen molar-refractivity contribution in [2.45, 2.75) is 38.7 Å². The van der Waals surface area contributed by atoms with Gasteiger partial charge in [-0.05, 0) is 44.9 Å². The minimum Gasteiger partial charge on any atom is -0.481 e. The summed E-state index contributed by atoms with van der Waals surface area (Å²) in [5, 5.41) is 9.50. The number of carbonyl (C=O) groups excluding carboxylic acids is 1. The number of nitrogens with zero attached hydrogens (tertiary/aromatic N) is 1. The Morgan fingerprint density at radius 1 is 1.26 bits per heavy atom. The molecule has 0 saturated carbocycles. The lowest BCUT2D eigenvalue weighted by atomic mass is 9.80. The first-order chi connectivity index (χ1) is 10.7. The van der Waals surface area contributed by atoms with Gasteiger partial charge in [-0.1, -0.05) is 12.1 Å². The minimum atomic E-state index is -0.965. The first-order valence-electron chi connectivity index (χ1n) is 7.63. The Morgan fingerprint density at radius 2 is 1.87 bits per heavy atom. The number of aliphatic carboxylic acids is 1. The zero-order chi connectivity index (χ0) is 17.2. The molecule has 0 bridgehead atoms. The lowest BCUT2D eigenvalue weighted by Crippen LogP contribution is -2.47. The normalized spacial score (nSPS) is 21.8. The molecule has 23 heavy (non-hydrogen) atoms. The summed E-state index contributed by atoms with van der Waals surface area (Å²) >= 11 is 0. The highest BCUT2D eigenvalue weighted by Gasteiger charge is 2.38. The predicted molar refractivity (Wildman–Crippen MR) is 82.7 cm³/mol. The van der Waals surface area contributed by atoms with E-state index in [0.29, 0.717) is 13.0 Å². The van der Waals surface area contributed by atoms with Crippen LogP contribution in [0.4, 0.5) is 9.18 Å². The van der Waals surface area contributed by atoms with Gasteiger partial charge in [0, 0.05) is 19.0 Å². The van der Waals surface area contributed by atoms with Gasteiger partial charge in [0.1, 0.15) is 11.4 Å². The van der Waals surface area contributed by atoms with Crippen molar-refractivity contribution in [3.63, 3.8) is 0 Å². The third-order valence-corrected chi connectivity index (χ3v) is 3.88. The van der Waals surface area contributed by atoms with Gasteiger partial charge in [-0.2, -0.15) is 0 Å². The van der Waals surface area contributed by atoms with Crippen LogP contribution in [-0.4, -0.2) is 40.8 Å². The number of likely N-dealkylation sites (tertiary alicyclic amines) is 1. The van der Waals surface area contributed by atoms with Crippen molar-refractivity contribution in [1.29, 1.82) is 0 Å². The SMILES string of the molecule is CC(C)(C)OC(=O)N1CC[C@@H](c2ccc(F)cc2)[C@@H](C(=O)O)C1. The Balaban J connectivity index is 2.13. The standard InChI is InChI=1S/C17H22FNO4/c1-17(2,3)23-16(22)19-9-8-13(14(10-19)15(20)21)11-4-6-12(18)7-5-11/h4-7,13-14H,8-10H2,1-3H3,(H,20,21)/t13-,14-/m0/s1. The molecule has 6 heteroatoms. The van der Waals surface area contributed by atoms with E-state index in [2.05, 4.69) is 0 Å². The molecule has 1 aromatic rings. The van der Waals surface area contributed by atoms with Crippen LogP contribution < -0.4 is 0 Å². The Labute approximate surface area is 135 Å². The molecule has 1 aromatic carbocycles. The van der Waals surface area contributed by atoms with Crippen LogP contribution in [0.2, 0.25) is 0 Å². The summed E-state index contributed by atoms with van der Waals surface area (Å²) in [6, 6.07) is 5.88. The number of halogens is 1. The number of ether oxygens (including phenoxy) is 1. The summed E-state index contributed by atoms with van der Waals surface area (Å²) in [4.78, 5) is 25.2. The second-order valence-corrected chi connectivity index (χ2v) is 6.82. The molecular formula is C17H22FNO4. The summed E-state index contributed by atoms with van der Waals surface area (Å²) in [6.07, 6.45) is 0.00304. The van der Waals surface area contributed by atoms with Crippen molar-refractivity contribution < 1.29 is 23.8 Å². The fourth-order valence-electron chi connectivity index (χ4n) is 2.80.